The number of aromatic hydroxyl groups is 2. The molecule has 0 radical (unpaired) electrons. The van der Waals surface area contributed by atoms with Crippen LogP contribution in [0.2, 0.25) is 0 Å². The van der Waals surface area contributed by atoms with Crippen molar-refractivity contribution in [3.63, 3.8) is 0 Å². The number of anilines is 1. The Kier molecular flexibility index (Phi) is 13.5. The molecular weight excluding hydrogens is 775 g/mol. The molecule has 312 valence electrons. The van der Waals surface area contributed by atoms with E-state index in [0.717, 1.165) is 50.3 Å². The van der Waals surface area contributed by atoms with E-state index >= 15 is 0 Å². The van der Waals surface area contributed by atoms with Gasteiger partial charge in [-0.05, 0) is 72.9 Å². The average Bonchev–Trinajstić information content (AvgIpc) is 3.63. The maximum absolute atomic E-state index is 12.4. The molecular formula is C45H52N3O10S+. The molecule has 0 fully saturated rings. The minimum atomic E-state index is -4.44. The number of hydrogen-bond acceptors (Lipinski definition) is 10. The van der Waals surface area contributed by atoms with Gasteiger partial charge in [0.2, 0.25) is 17.1 Å². The van der Waals surface area contributed by atoms with Crippen LogP contribution < -0.4 is 19.7 Å². The second kappa shape index (κ2) is 18.5. The third kappa shape index (κ3) is 9.63. The summed E-state index contributed by atoms with van der Waals surface area (Å²) in [5.41, 5.74) is 5.88. The maximum atomic E-state index is 12.4. The van der Waals surface area contributed by atoms with E-state index in [0.29, 0.717) is 62.6 Å². The zero-order chi connectivity index (χ0) is 42.3. The van der Waals surface area contributed by atoms with E-state index in [1.807, 2.05) is 57.2 Å². The Morgan fingerprint density at radius 1 is 0.898 bits per heavy atom. The number of rotatable bonds is 17. The van der Waals surface area contributed by atoms with Gasteiger partial charge < -0.3 is 33.8 Å². The van der Waals surface area contributed by atoms with E-state index in [-0.39, 0.29) is 23.1 Å². The van der Waals surface area contributed by atoms with Gasteiger partial charge in [-0.25, -0.2) is 9.37 Å². The monoisotopic (exact) mass is 826 g/mol. The predicted octanol–water partition coefficient (Wildman–Crippen LogP) is 6.79. The molecule has 2 aliphatic heterocycles. The SMILES string of the molecule is COCC[N+](CCOC)=c1ccc2c(-c3ccccc3)c(C)c(C=CC=C3N(CCCCCC(=O)On4c(O)ccc4O)c4ccc(S(=O)(=O)O)cc4C3(C)C)oc-2c1. The maximum Gasteiger partial charge on any atom is 0.333 e. The number of carbonyl (C=O) groups is 1. The van der Waals surface area contributed by atoms with E-state index in [1.165, 1.54) is 24.3 Å². The number of methoxy groups -OCH3 is 2. The lowest BCUT2D eigenvalue weighted by Gasteiger charge is -2.27. The van der Waals surface area contributed by atoms with Crippen LogP contribution in [0, 0.1) is 6.92 Å². The van der Waals surface area contributed by atoms with Crippen molar-refractivity contribution in [2.75, 3.05) is 52.0 Å². The molecule has 2 aromatic carbocycles. The van der Waals surface area contributed by atoms with Crippen molar-refractivity contribution in [3.05, 3.63) is 119 Å². The molecule has 0 atom stereocenters. The fraction of sp³-hybridized carbons (Fsp3) is 0.333. The van der Waals surface area contributed by atoms with Crippen molar-refractivity contribution in [2.45, 2.75) is 56.8 Å². The first kappa shape index (κ1) is 42.9. The number of benzene rings is 3. The average molecular weight is 827 g/mol. The molecule has 3 N–H and O–H groups in total. The number of unbranched alkanes of at least 4 members (excludes halogenated alkanes) is 2. The summed E-state index contributed by atoms with van der Waals surface area (Å²) < 4.78 is 54.7. The Hall–Kier alpha value is -5.67. The highest BCUT2D eigenvalue weighted by atomic mass is 32.2. The summed E-state index contributed by atoms with van der Waals surface area (Å²) >= 11 is 0. The van der Waals surface area contributed by atoms with Crippen LogP contribution in [0.3, 0.4) is 0 Å². The second-order valence-electron chi connectivity index (χ2n) is 14.9. The Bertz CT molecular complexity index is 2470. The summed E-state index contributed by atoms with van der Waals surface area (Å²) in [6.45, 7) is 9.11. The number of hydrogen-bond donors (Lipinski definition) is 3. The van der Waals surface area contributed by atoms with Crippen LogP contribution in [-0.2, 0) is 29.8 Å². The van der Waals surface area contributed by atoms with Gasteiger partial charge in [0.05, 0.1) is 11.0 Å². The first-order valence-electron chi connectivity index (χ1n) is 19.5. The summed E-state index contributed by atoms with van der Waals surface area (Å²) in [5.74, 6) is 0.0282. The molecule has 0 saturated carbocycles. The van der Waals surface area contributed by atoms with Crippen LogP contribution in [0.4, 0.5) is 5.69 Å². The highest BCUT2D eigenvalue weighted by Crippen LogP contribution is 2.49. The molecule has 0 unspecified atom stereocenters. The summed E-state index contributed by atoms with van der Waals surface area (Å²) in [6, 6.07) is 23.6. The Labute approximate surface area is 344 Å². The van der Waals surface area contributed by atoms with Crippen LogP contribution in [0.1, 0.15) is 56.4 Å². The molecule has 13 nitrogen and oxygen atoms in total. The third-order valence-corrected chi connectivity index (χ3v) is 11.5. The predicted molar refractivity (Wildman–Crippen MR) is 226 cm³/mol. The number of fused-ring (bicyclic) bond motifs is 2. The molecule has 14 heteroatoms. The van der Waals surface area contributed by atoms with Gasteiger partial charge in [0.25, 0.3) is 10.1 Å². The number of carbonyl (C=O) groups excluding carboxylic acids is 1. The van der Waals surface area contributed by atoms with Crippen molar-refractivity contribution in [2.24, 2.45) is 0 Å². The number of ether oxygens (including phenoxy) is 2. The van der Waals surface area contributed by atoms with Gasteiger partial charge in [-0.15, -0.1) is 4.73 Å². The topological polar surface area (TPSA) is 164 Å². The Morgan fingerprint density at radius 3 is 2.25 bits per heavy atom. The first-order chi connectivity index (χ1) is 28.2. The summed E-state index contributed by atoms with van der Waals surface area (Å²) in [7, 11) is -1.07. The molecule has 6 rings (SSSR count). The van der Waals surface area contributed by atoms with Gasteiger partial charge in [0.1, 0.15) is 24.7 Å². The van der Waals surface area contributed by atoms with Gasteiger partial charge in [-0.1, -0.05) is 56.7 Å². The van der Waals surface area contributed by atoms with E-state index in [2.05, 4.69) is 39.8 Å². The molecule has 1 aromatic heterocycles. The molecule has 0 amide bonds. The standard InChI is InChI=1S/C45H51N3O10S/c1-31-38(57-39-29-33(46(25-27-55-4)26-28-56-5)18-20-35(39)44(31)32-13-8-6-9-14-32)15-12-16-40-45(2,3)36-30-34(59(52,53)54)19-21-37(36)47(40)24-11-7-10-17-43(51)58-48-41(49)22-23-42(48)50/h6,8-9,12-16,18-23,29-30H,7,10-11,17,24-28H2,1-5H3,(H2-,49,50,52,53,54)/p+1. The summed E-state index contributed by atoms with van der Waals surface area (Å²) in [4.78, 5) is 19.5. The van der Waals surface area contributed by atoms with Crippen LogP contribution in [-0.4, -0.2) is 81.0 Å². The Morgan fingerprint density at radius 2 is 1.59 bits per heavy atom. The lowest BCUT2D eigenvalue weighted by molar-refractivity contribution is -0.145. The lowest BCUT2D eigenvalue weighted by atomic mass is 9.83. The van der Waals surface area contributed by atoms with Crippen LogP contribution in [0.5, 0.6) is 11.8 Å². The summed E-state index contributed by atoms with van der Waals surface area (Å²) in [5, 5.41) is 20.6. The molecule has 59 heavy (non-hydrogen) atoms. The zero-order valence-electron chi connectivity index (χ0n) is 34.1. The number of allylic oxidation sites excluding steroid dienone is 3. The van der Waals surface area contributed by atoms with Crippen molar-refractivity contribution in [1.82, 2.24) is 9.31 Å². The van der Waals surface area contributed by atoms with Gasteiger partial charge in [0, 0.05) is 73.3 Å². The molecule has 3 aromatic rings. The zero-order valence-corrected chi connectivity index (χ0v) is 34.9. The molecule has 1 aliphatic carbocycles. The molecule has 0 spiro atoms. The lowest BCUT2D eigenvalue weighted by Crippen LogP contribution is -2.35. The smallest absolute Gasteiger partial charge is 0.333 e. The van der Waals surface area contributed by atoms with Crippen molar-refractivity contribution < 1.29 is 46.7 Å². The molecule has 3 aliphatic rings. The molecule has 0 saturated heterocycles. The summed E-state index contributed by atoms with van der Waals surface area (Å²) in [6.07, 6.45) is 7.81. The fourth-order valence-corrected chi connectivity index (χ4v) is 8.08. The largest absolute Gasteiger partial charge is 0.492 e. The van der Waals surface area contributed by atoms with Crippen molar-refractivity contribution in [3.8, 4) is 34.2 Å². The normalized spacial score (nSPS) is 14.4. The minimum Gasteiger partial charge on any atom is -0.492 e. The van der Waals surface area contributed by atoms with E-state index in [1.54, 1.807) is 20.3 Å². The minimum absolute atomic E-state index is 0.0711. The van der Waals surface area contributed by atoms with Crippen molar-refractivity contribution >= 4 is 27.9 Å². The van der Waals surface area contributed by atoms with E-state index in [4.69, 9.17) is 18.7 Å². The van der Waals surface area contributed by atoms with Crippen molar-refractivity contribution in [1.29, 1.82) is 0 Å². The van der Waals surface area contributed by atoms with Gasteiger partial charge in [0.15, 0.2) is 13.1 Å². The highest BCUT2D eigenvalue weighted by Gasteiger charge is 2.40. The second-order valence-corrected chi connectivity index (χ2v) is 16.4. The van der Waals surface area contributed by atoms with Gasteiger partial charge in [-0.3, -0.25) is 4.55 Å². The number of aromatic nitrogens is 1. The Balaban J connectivity index is 1.34. The van der Waals surface area contributed by atoms with Gasteiger partial charge in [-0.2, -0.15) is 8.42 Å². The fourth-order valence-electron chi connectivity index (χ4n) is 7.57. The highest BCUT2D eigenvalue weighted by molar-refractivity contribution is 7.85. The van der Waals surface area contributed by atoms with E-state index in [9.17, 15) is 28.0 Å². The number of nitrogens with zero attached hydrogens (tertiary/aromatic N) is 3. The first-order valence-corrected chi connectivity index (χ1v) is 21.0. The molecule has 3 heterocycles. The molecule has 0 bridgehead atoms. The third-order valence-electron chi connectivity index (χ3n) is 10.7. The van der Waals surface area contributed by atoms with E-state index < -0.39 is 21.5 Å². The van der Waals surface area contributed by atoms with Gasteiger partial charge >= 0.3 is 5.97 Å². The quantitative estimate of drug-likeness (QED) is 0.0514. The van der Waals surface area contributed by atoms with Crippen LogP contribution >= 0.6 is 0 Å². The van der Waals surface area contributed by atoms with Crippen LogP contribution in [0.15, 0.2) is 106 Å². The van der Waals surface area contributed by atoms with Crippen LogP contribution in [0.25, 0.3) is 28.5 Å².